The van der Waals surface area contributed by atoms with Crippen molar-refractivity contribution in [3.63, 3.8) is 0 Å². The normalized spacial score (nSPS) is 12.2. The number of aromatic nitrogens is 1. The number of rotatable bonds is 4. The van der Waals surface area contributed by atoms with Gasteiger partial charge in [-0.25, -0.2) is 0 Å². The molecule has 0 spiro atoms. The van der Waals surface area contributed by atoms with Gasteiger partial charge in [0.25, 0.3) is 0 Å². The van der Waals surface area contributed by atoms with Crippen LogP contribution in [0.4, 0.5) is 5.69 Å². The highest BCUT2D eigenvalue weighted by Crippen LogP contribution is 2.26. The van der Waals surface area contributed by atoms with E-state index in [1.165, 1.54) is 5.56 Å². The summed E-state index contributed by atoms with van der Waals surface area (Å²) >= 11 is 6.04. The van der Waals surface area contributed by atoms with Crippen molar-refractivity contribution in [1.29, 1.82) is 0 Å². The Kier molecular flexibility index (Phi) is 4.40. The summed E-state index contributed by atoms with van der Waals surface area (Å²) in [5.41, 5.74) is 8.80. The first-order valence-corrected chi connectivity index (χ1v) is 6.63. The minimum atomic E-state index is 0.228. The number of pyridine rings is 1. The summed E-state index contributed by atoms with van der Waals surface area (Å²) in [5, 5.41) is 0.759. The monoisotopic (exact) mass is 275 g/mol. The highest BCUT2D eigenvalue weighted by atomic mass is 35.5. The molecule has 0 radical (unpaired) electrons. The molecule has 0 saturated heterocycles. The minimum Gasteiger partial charge on any atom is -0.368 e. The molecule has 19 heavy (non-hydrogen) atoms. The number of nitrogens with zero attached hydrogens (tertiary/aromatic N) is 2. The zero-order chi connectivity index (χ0) is 13.8. The lowest BCUT2D eigenvalue weighted by Gasteiger charge is -2.27. The van der Waals surface area contributed by atoms with Crippen molar-refractivity contribution in [3.8, 4) is 0 Å². The molecule has 0 aliphatic carbocycles. The molecule has 1 aromatic carbocycles. The van der Waals surface area contributed by atoms with Crippen LogP contribution in [0.5, 0.6) is 0 Å². The van der Waals surface area contributed by atoms with Crippen molar-refractivity contribution < 1.29 is 0 Å². The first-order valence-electron chi connectivity index (χ1n) is 6.25. The van der Waals surface area contributed by atoms with Crippen molar-refractivity contribution in [3.05, 3.63) is 58.9 Å². The van der Waals surface area contributed by atoms with Gasteiger partial charge in [-0.1, -0.05) is 23.7 Å². The summed E-state index contributed by atoms with van der Waals surface area (Å²) in [6, 6.07) is 12.2. The molecule has 3 nitrogen and oxygen atoms in total. The fraction of sp³-hybridized carbons (Fsp3) is 0.267. The van der Waals surface area contributed by atoms with Gasteiger partial charge in [0.05, 0.1) is 11.7 Å². The van der Waals surface area contributed by atoms with Crippen LogP contribution in [0.25, 0.3) is 0 Å². The molecule has 1 aromatic heterocycles. The topological polar surface area (TPSA) is 42.2 Å². The van der Waals surface area contributed by atoms with Gasteiger partial charge in [0.2, 0.25) is 0 Å². The van der Waals surface area contributed by atoms with E-state index in [0.717, 1.165) is 16.4 Å². The summed E-state index contributed by atoms with van der Waals surface area (Å²) in [6.07, 6.45) is 1.79. The van der Waals surface area contributed by atoms with Gasteiger partial charge >= 0.3 is 0 Å². The molecule has 4 heteroatoms. The zero-order valence-electron chi connectivity index (χ0n) is 11.2. The number of hydrogen-bond donors (Lipinski definition) is 1. The van der Waals surface area contributed by atoms with Crippen LogP contribution in [0.2, 0.25) is 5.02 Å². The van der Waals surface area contributed by atoms with E-state index in [2.05, 4.69) is 29.9 Å². The van der Waals surface area contributed by atoms with E-state index in [1.54, 1.807) is 6.20 Å². The Morgan fingerprint density at radius 1 is 1.32 bits per heavy atom. The second-order valence-electron chi connectivity index (χ2n) is 4.55. The Hall–Kier alpha value is -1.58. The van der Waals surface area contributed by atoms with Crippen LogP contribution in [-0.4, -0.2) is 12.0 Å². The molecule has 0 aliphatic rings. The molecule has 0 bridgehead atoms. The average Bonchev–Trinajstić information content (AvgIpc) is 2.45. The molecule has 1 heterocycles. The molecule has 0 saturated carbocycles. The van der Waals surface area contributed by atoms with Crippen LogP contribution < -0.4 is 10.6 Å². The number of nitrogens with two attached hydrogens (primary N) is 1. The van der Waals surface area contributed by atoms with E-state index < -0.39 is 0 Å². The summed E-state index contributed by atoms with van der Waals surface area (Å²) in [6.45, 7) is 2.60. The van der Waals surface area contributed by atoms with Crippen molar-refractivity contribution in [2.45, 2.75) is 19.5 Å². The van der Waals surface area contributed by atoms with Crippen molar-refractivity contribution in [2.24, 2.45) is 5.73 Å². The lowest BCUT2D eigenvalue weighted by atomic mass is 10.1. The van der Waals surface area contributed by atoms with Crippen LogP contribution in [0.1, 0.15) is 24.2 Å². The third kappa shape index (κ3) is 3.25. The molecular weight excluding hydrogens is 258 g/mol. The predicted molar refractivity (Wildman–Crippen MR) is 80.4 cm³/mol. The standard InChI is InChI=1S/C15H18ClN3/c1-11(12-4-3-5-13(16)8-12)19(2)15-6-7-18-14(9-15)10-17/h3-9,11H,10,17H2,1-2H3. The van der Waals surface area contributed by atoms with Gasteiger partial charge in [0.15, 0.2) is 0 Å². The maximum Gasteiger partial charge on any atom is 0.0560 e. The maximum atomic E-state index is 6.04. The quantitative estimate of drug-likeness (QED) is 0.930. The number of hydrogen-bond acceptors (Lipinski definition) is 3. The van der Waals surface area contributed by atoms with E-state index in [1.807, 2.05) is 30.3 Å². The predicted octanol–water partition coefficient (Wildman–Crippen LogP) is 3.39. The first kappa shape index (κ1) is 13.8. The Balaban J connectivity index is 2.25. The van der Waals surface area contributed by atoms with E-state index in [4.69, 9.17) is 17.3 Å². The zero-order valence-corrected chi connectivity index (χ0v) is 11.9. The van der Waals surface area contributed by atoms with Gasteiger partial charge in [-0.05, 0) is 36.8 Å². The van der Waals surface area contributed by atoms with Crippen molar-refractivity contribution in [1.82, 2.24) is 4.98 Å². The second-order valence-corrected chi connectivity index (χ2v) is 4.99. The summed E-state index contributed by atoms with van der Waals surface area (Å²) in [5.74, 6) is 0. The average molecular weight is 276 g/mol. The molecule has 2 N–H and O–H groups in total. The van der Waals surface area contributed by atoms with Gasteiger partial charge in [-0.3, -0.25) is 4.98 Å². The van der Waals surface area contributed by atoms with Gasteiger partial charge in [0, 0.05) is 30.5 Å². The van der Waals surface area contributed by atoms with Gasteiger partial charge in [-0.2, -0.15) is 0 Å². The molecule has 2 rings (SSSR count). The molecule has 2 aromatic rings. The smallest absolute Gasteiger partial charge is 0.0560 e. The van der Waals surface area contributed by atoms with E-state index in [-0.39, 0.29) is 6.04 Å². The lowest BCUT2D eigenvalue weighted by Crippen LogP contribution is -2.22. The Bertz CT molecular complexity index is 557. The van der Waals surface area contributed by atoms with Gasteiger partial charge in [-0.15, -0.1) is 0 Å². The number of benzene rings is 1. The minimum absolute atomic E-state index is 0.228. The molecule has 100 valence electrons. The van der Waals surface area contributed by atoms with Gasteiger partial charge < -0.3 is 10.6 Å². The third-order valence-corrected chi connectivity index (χ3v) is 3.56. The molecule has 0 fully saturated rings. The Morgan fingerprint density at radius 2 is 2.11 bits per heavy atom. The number of halogens is 1. The van der Waals surface area contributed by atoms with Crippen molar-refractivity contribution >= 4 is 17.3 Å². The molecule has 0 aliphatic heterocycles. The molecule has 1 unspecified atom stereocenters. The highest BCUT2D eigenvalue weighted by molar-refractivity contribution is 6.30. The van der Waals surface area contributed by atoms with Crippen LogP contribution >= 0.6 is 11.6 Å². The summed E-state index contributed by atoms with van der Waals surface area (Å²) in [7, 11) is 2.06. The van der Waals surface area contributed by atoms with Gasteiger partial charge in [0.1, 0.15) is 0 Å². The largest absolute Gasteiger partial charge is 0.368 e. The fourth-order valence-corrected chi connectivity index (χ4v) is 2.21. The van der Waals surface area contributed by atoms with Crippen LogP contribution in [-0.2, 0) is 6.54 Å². The first-order chi connectivity index (χ1) is 9.11. The van der Waals surface area contributed by atoms with E-state index in [0.29, 0.717) is 6.54 Å². The molecule has 0 amide bonds. The summed E-state index contributed by atoms with van der Waals surface area (Å²) in [4.78, 5) is 6.40. The summed E-state index contributed by atoms with van der Waals surface area (Å²) < 4.78 is 0. The fourth-order valence-electron chi connectivity index (χ4n) is 2.01. The Morgan fingerprint density at radius 3 is 2.79 bits per heavy atom. The van der Waals surface area contributed by atoms with Crippen LogP contribution in [0.3, 0.4) is 0 Å². The van der Waals surface area contributed by atoms with Crippen molar-refractivity contribution in [2.75, 3.05) is 11.9 Å². The van der Waals surface area contributed by atoms with E-state index >= 15 is 0 Å². The third-order valence-electron chi connectivity index (χ3n) is 3.33. The second kappa shape index (κ2) is 6.04. The Labute approximate surface area is 119 Å². The van der Waals surface area contributed by atoms with Crippen LogP contribution in [0.15, 0.2) is 42.6 Å². The maximum absolute atomic E-state index is 6.04. The molecule has 1 atom stereocenters. The number of anilines is 1. The highest BCUT2D eigenvalue weighted by Gasteiger charge is 2.13. The molecular formula is C15H18ClN3. The van der Waals surface area contributed by atoms with E-state index in [9.17, 15) is 0 Å². The SMILES string of the molecule is CC(c1cccc(Cl)c1)N(C)c1ccnc(CN)c1. The van der Waals surface area contributed by atoms with Crippen LogP contribution in [0, 0.1) is 0 Å². The lowest BCUT2D eigenvalue weighted by molar-refractivity contribution is 0.738.